The number of fused-ring (bicyclic) bond motifs is 1. The van der Waals surface area contributed by atoms with Crippen molar-refractivity contribution in [3.63, 3.8) is 0 Å². The monoisotopic (exact) mass is 376 g/mol. The first-order valence-electron chi connectivity index (χ1n) is 9.75. The van der Waals surface area contributed by atoms with Gasteiger partial charge in [0.15, 0.2) is 0 Å². The second-order valence-corrected chi connectivity index (χ2v) is 7.10. The van der Waals surface area contributed by atoms with Gasteiger partial charge >= 0.3 is 0 Å². The smallest absolute Gasteiger partial charge is 0.272 e. The van der Waals surface area contributed by atoms with E-state index < -0.39 is 0 Å². The number of piperazine rings is 1. The summed E-state index contributed by atoms with van der Waals surface area (Å²) in [5, 5.41) is 1.23. The average Bonchev–Trinajstić information content (AvgIpc) is 3.17. The Kier molecular flexibility index (Phi) is 5.37. The lowest BCUT2D eigenvalue weighted by molar-refractivity contribution is -0.132. The molecule has 2 amide bonds. The van der Waals surface area contributed by atoms with Crippen molar-refractivity contribution in [1.29, 1.82) is 0 Å². The van der Waals surface area contributed by atoms with Gasteiger partial charge in [0, 0.05) is 55.9 Å². The van der Waals surface area contributed by atoms with Crippen molar-refractivity contribution in [2.75, 3.05) is 26.2 Å². The van der Waals surface area contributed by atoms with Crippen LogP contribution < -0.4 is 0 Å². The van der Waals surface area contributed by atoms with E-state index in [4.69, 9.17) is 0 Å². The number of carbonyl (C=O) groups excluding carboxylic acids is 2. The Morgan fingerprint density at radius 1 is 0.964 bits per heavy atom. The molecule has 144 valence electrons. The van der Waals surface area contributed by atoms with E-state index in [2.05, 4.69) is 22.1 Å². The number of hydrogen-bond donors (Lipinski definition) is 1. The molecule has 0 saturated carbocycles. The molecule has 1 fully saturated rings. The number of pyridine rings is 1. The Bertz CT molecular complexity index is 959. The Morgan fingerprint density at radius 2 is 1.71 bits per heavy atom. The molecule has 0 bridgehead atoms. The van der Waals surface area contributed by atoms with Crippen LogP contribution in [0.3, 0.4) is 0 Å². The van der Waals surface area contributed by atoms with Crippen molar-refractivity contribution in [3.8, 4) is 0 Å². The molecule has 0 atom stereocenters. The molecule has 0 spiro atoms. The van der Waals surface area contributed by atoms with Gasteiger partial charge in [0.05, 0.1) is 0 Å². The molecule has 2 aromatic heterocycles. The maximum atomic E-state index is 12.5. The van der Waals surface area contributed by atoms with Crippen LogP contribution in [0.2, 0.25) is 0 Å². The van der Waals surface area contributed by atoms with Crippen LogP contribution in [-0.2, 0) is 11.2 Å². The number of carbonyl (C=O) groups is 2. The summed E-state index contributed by atoms with van der Waals surface area (Å²) in [7, 11) is 0. The largest absolute Gasteiger partial charge is 0.361 e. The molecule has 1 N–H and O–H groups in total. The minimum Gasteiger partial charge on any atom is -0.361 e. The predicted octanol–water partition coefficient (Wildman–Crippen LogP) is 2.87. The summed E-state index contributed by atoms with van der Waals surface area (Å²) < 4.78 is 0. The van der Waals surface area contributed by atoms with E-state index in [1.54, 1.807) is 23.2 Å². The number of aryl methyl sites for hydroxylation is 1. The van der Waals surface area contributed by atoms with Gasteiger partial charge in [-0.25, -0.2) is 0 Å². The average molecular weight is 376 g/mol. The molecule has 6 nitrogen and oxygen atoms in total. The zero-order chi connectivity index (χ0) is 19.3. The quantitative estimate of drug-likeness (QED) is 0.744. The predicted molar refractivity (Wildman–Crippen MR) is 108 cm³/mol. The van der Waals surface area contributed by atoms with E-state index in [-0.39, 0.29) is 11.8 Å². The Labute approximate surface area is 164 Å². The molecule has 6 heteroatoms. The van der Waals surface area contributed by atoms with E-state index >= 15 is 0 Å². The molecule has 4 rings (SSSR count). The maximum Gasteiger partial charge on any atom is 0.272 e. The summed E-state index contributed by atoms with van der Waals surface area (Å²) in [6.07, 6.45) is 5.91. The third-order valence-electron chi connectivity index (χ3n) is 5.32. The van der Waals surface area contributed by atoms with Gasteiger partial charge in [-0.05, 0) is 36.6 Å². The molecular weight excluding hydrogens is 352 g/mol. The molecule has 0 unspecified atom stereocenters. The van der Waals surface area contributed by atoms with Crippen LogP contribution in [0.25, 0.3) is 10.9 Å². The maximum absolute atomic E-state index is 12.5. The Balaban J connectivity index is 1.25. The zero-order valence-electron chi connectivity index (χ0n) is 15.8. The standard InChI is InChI=1S/C22H24N4O2/c27-21(10-5-6-17-16-24-19-8-2-1-7-18(17)19)25-12-14-26(15-13-25)22(28)20-9-3-4-11-23-20/h1-4,7-9,11,16,24H,5-6,10,12-15H2. The number of hydrogen-bond acceptors (Lipinski definition) is 3. The number of benzene rings is 1. The lowest BCUT2D eigenvalue weighted by Gasteiger charge is -2.34. The van der Waals surface area contributed by atoms with Crippen LogP contribution in [0, 0.1) is 0 Å². The number of aromatic nitrogens is 2. The van der Waals surface area contributed by atoms with E-state index in [0.717, 1.165) is 18.4 Å². The summed E-state index contributed by atoms with van der Waals surface area (Å²) in [5.41, 5.74) is 2.85. The van der Waals surface area contributed by atoms with Crippen molar-refractivity contribution in [1.82, 2.24) is 19.8 Å². The van der Waals surface area contributed by atoms with E-state index in [1.165, 1.54) is 10.9 Å². The molecule has 3 heterocycles. The number of nitrogens with zero attached hydrogens (tertiary/aromatic N) is 3. The van der Waals surface area contributed by atoms with E-state index in [9.17, 15) is 9.59 Å². The highest BCUT2D eigenvalue weighted by Crippen LogP contribution is 2.19. The van der Waals surface area contributed by atoms with Crippen molar-refractivity contribution < 1.29 is 9.59 Å². The van der Waals surface area contributed by atoms with Gasteiger partial charge in [-0.15, -0.1) is 0 Å². The third-order valence-corrected chi connectivity index (χ3v) is 5.32. The van der Waals surface area contributed by atoms with Crippen molar-refractivity contribution in [2.24, 2.45) is 0 Å². The summed E-state index contributed by atoms with van der Waals surface area (Å²) in [6.45, 7) is 2.29. The summed E-state index contributed by atoms with van der Waals surface area (Å²) in [6, 6.07) is 13.6. The fourth-order valence-electron chi connectivity index (χ4n) is 3.74. The molecule has 28 heavy (non-hydrogen) atoms. The van der Waals surface area contributed by atoms with Crippen molar-refractivity contribution >= 4 is 22.7 Å². The number of amides is 2. The van der Waals surface area contributed by atoms with Crippen LogP contribution in [0.5, 0.6) is 0 Å². The molecule has 0 aliphatic carbocycles. The number of nitrogens with one attached hydrogen (secondary N) is 1. The van der Waals surface area contributed by atoms with Crippen LogP contribution in [0.15, 0.2) is 54.9 Å². The van der Waals surface area contributed by atoms with Gasteiger partial charge in [0.25, 0.3) is 5.91 Å². The zero-order valence-corrected chi connectivity index (χ0v) is 15.8. The topological polar surface area (TPSA) is 69.3 Å². The lowest BCUT2D eigenvalue weighted by Crippen LogP contribution is -2.50. The molecular formula is C22H24N4O2. The molecule has 1 aliphatic heterocycles. The van der Waals surface area contributed by atoms with Gasteiger partial charge in [-0.2, -0.15) is 0 Å². The fraction of sp³-hybridized carbons (Fsp3) is 0.318. The first kappa shape index (κ1) is 18.2. The minimum absolute atomic E-state index is 0.0629. The van der Waals surface area contributed by atoms with Crippen LogP contribution in [0.1, 0.15) is 28.9 Å². The highest BCUT2D eigenvalue weighted by molar-refractivity contribution is 5.92. The lowest BCUT2D eigenvalue weighted by atomic mass is 10.1. The number of H-pyrrole nitrogens is 1. The number of rotatable bonds is 5. The molecule has 1 saturated heterocycles. The van der Waals surface area contributed by atoms with Crippen molar-refractivity contribution in [3.05, 3.63) is 66.1 Å². The van der Waals surface area contributed by atoms with Crippen LogP contribution in [0.4, 0.5) is 0 Å². The molecule has 1 aliphatic rings. The molecule has 1 aromatic carbocycles. The molecule has 0 radical (unpaired) electrons. The summed E-state index contributed by atoms with van der Waals surface area (Å²) >= 11 is 0. The van der Waals surface area contributed by atoms with Gasteiger partial charge in [0.1, 0.15) is 5.69 Å². The molecule has 3 aromatic rings. The SMILES string of the molecule is O=C(CCCc1c[nH]c2ccccc12)N1CCN(C(=O)c2ccccn2)CC1. The highest BCUT2D eigenvalue weighted by atomic mass is 16.2. The number of aromatic amines is 1. The van der Waals surface area contributed by atoms with Crippen LogP contribution >= 0.6 is 0 Å². The first-order chi connectivity index (χ1) is 13.7. The van der Waals surface area contributed by atoms with E-state index in [0.29, 0.717) is 38.3 Å². The fourth-order valence-corrected chi connectivity index (χ4v) is 3.74. The third kappa shape index (κ3) is 3.91. The van der Waals surface area contributed by atoms with E-state index in [1.807, 2.05) is 29.3 Å². The normalized spacial score (nSPS) is 14.4. The highest BCUT2D eigenvalue weighted by Gasteiger charge is 2.25. The van der Waals surface area contributed by atoms with Crippen molar-refractivity contribution in [2.45, 2.75) is 19.3 Å². The van der Waals surface area contributed by atoms with Gasteiger partial charge in [-0.1, -0.05) is 24.3 Å². The minimum atomic E-state index is -0.0629. The van der Waals surface area contributed by atoms with Crippen LogP contribution in [-0.4, -0.2) is 57.8 Å². The van der Waals surface area contributed by atoms with Gasteiger partial charge in [0.2, 0.25) is 5.91 Å². The van der Waals surface area contributed by atoms with Gasteiger partial charge in [-0.3, -0.25) is 14.6 Å². The number of para-hydroxylation sites is 1. The summed E-state index contributed by atoms with van der Waals surface area (Å²) in [4.78, 5) is 36.0. The Morgan fingerprint density at radius 3 is 2.50 bits per heavy atom. The second-order valence-electron chi connectivity index (χ2n) is 7.10. The Hall–Kier alpha value is -3.15. The first-order valence-corrected chi connectivity index (χ1v) is 9.75. The van der Waals surface area contributed by atoms with Gasteiger partial charge < -0.3 is 14.8 Å². The second kappa shape index (κ2) is 8.25. The summed E-state index contributed by atoms with van der Waals surface area (Å²) in [5.74, 6) is 0.108.